The summed E-state index contributed by atoms with van der Waals surface area (Å²) in [7, 11) is 7.76. The van der Waals surface area contributed by atoms with Gasteiger partial charge in [-0.15, -0.1) is 55.7 Å². The van der Waals surface area contributed by atoms with Gasteiger partial charge in [0.05, 0.1) is 26.3 Å². The van der Waals surface area contributed by atoms with Crippen LogP contribution in [0.3, 0.4) is 0 Å². The van der Waals surface area contributed by atoms with E-state index in [1.807, 2.05) is 0 Å². The van der Waals surface area contributed by atoms with Gasteiger partial charge < -0.3 is 0 Å². The third-order valence-corrected chi connectivity index (χ3v) is 8.47. The summed E-state index contributed by atoms with van der Waals surface area (Å²) in [6, 6.07) is 0. The van der Waals surface area contributed by atoms with Crippen LogP contribution in [-0.4, -0.2) is 85.3 Å². The summed E-state index contributed by atoms with van der Waals surface area (Å²) in [6.45, 7) is 7.36. The Balaban J connectivity index is 0.000000477. The molecule has 15 heteroatoms. The van der Waals surface area contributed by atoms with E-state index < -0.39 is 33.4 Å². The fourth-order valence-corrected chi connectivity index (χ4v) is 7.42. The third-order valence-electron chi connectivity index (χ3n) is 3.65. The Bertz CT molecular complexity index is 333. The van der Waals surface area contributed by atoms with E-state index >= 15 is 0 Å². The third kappa shape index (κ3) is 17.2. The number of hydrogen-bond donors (Lipinski definition) is 2. The number of hydrogen-bond acceptors (Lipinski definition) is 6. The van der Waals surface area contributed by atoms with E-state index in [1.165, 1.54) is 0 Å². The molecule has 180 valence electrons. The van der Waals surface area contributed by atoms with Gasteiger partial charge in [0.25, 0.3) is 16.9 Å². The quantitative estimate of drug-likeness (QED) is 0.246. The predicted octanol–water partition coefficient (Wildman–Crippen LogP) is 4.85. The summed E-state index contributed by atoms with van der Waals surface area (Å²) in [5.41, 5.74) is 0. The first-order chi connectivity index (χ1) is 14.2. The SMILES string of the molecule is ClCCN[PH+]1OCCCN1CCCl.ClCCN[PH+]1OCCCN1CCCl.[Cl][Pt][Cl]. The Morgan fingerprint density at radius 3 is 1.41 bits per heavy atom. The van der Waals surface area contributed by atoms with Crippen molar-refractivity contribution in [2.24, 2.45) is 0 Å². The second-order valence-corrected chi connectivity index (χ2v) is 14.2. The van der Waals surface area contributed by atoms with Crippen LogP contribution in [0.4, 0.5) is 0 Å². The van der Waals surface area contributed by atoms with E-state index in [2.05, 4.69) is 19.5 Å². The molecular weight excluding hydrogens is 726 g/mol. The van der Waals surface area contributed by atoms with Crippen LogP contribution in [0.15, 0.2) is 0 Å². The van der Waals surface area contributed by atoms with Crippen LogP contribution in [0.2, 0.25) is 0 Å². The summed E-state index contributed by atoms with van der Waals surface area (Å²) in [5.74, 6) is 2.60. The van der Waals surface area contributed by atoms with Crippen LogP contribution < -0.4 is 10.2 Å². The Morgan fingerprint density at radius 1 is 0.724 bits per heavy atom. The first-order valence-corrected chi connectivity index (χ1v) is 19.7. The topological polar surface area (TPSA) is 49.0 Å². The molecule has 0 aromatic rings. The van der Waals surface area contributed by atoms with Gasteiger partial charge in [0.15, 0.2) is 0 Å². The van der Waals surface area contributed by atoms with Crippen LogP contribution in [0.5, 0.6) is 0 Å². The first-order valence-electron chi connectivity index (χ1n) is 9.21. The fourth-order valence-electron chi connectivity index (χ4n) is 2.50. The van der Waals surface area contributed by atoms with Gasteiger partial charge in [-0.05, 0) is 12.8 Å². The van der Waals surface area contributed by atoms with Gasteiger partial charge in [-0.3, -0.25) is 0 Å². The average molecular weight is 758 g/mol. The average Bonchev–Trinajstić information content (AvgIpc) is 2.74. The first kappa shape index (κ1) is 32.0. The zero-order chi connectivity index (χ0) is 21.7. The van der Waals surface area contributed by atoms with E-state index in [0.717, 1.165) is 65.3 Å². The zero-order valence-electron chi connectivity index (χ0n) is 16.2. The Labute approximate surface area is 214 Å². The van der Waals surface area contributed by atoms with Gasteiger partial charge in [0, 0.05) is 49.7 Å². The standard InChI is InChI=1S/2C7H15Cl2N2OP.2ClH.Pt/c2*8-2-4-10-13-11(6-3-9)5-1-7-12-13;;;/h2*13H,1-7H2;2*1H;/q;;;;+2. The molecule has 0 bridgehead atoms. The monoisotopic (exact) mass is 755 g/mol. The molecule has 0 aromatic carbocycles. The summed E-state index contributed by atoms with van der Waals surface area (Å²) >= 11 is 22.1. The van der Waals surface area contributed by atoms with Gasteiger partial charge in [-0.25, -0.2) is 9.05 Å². The van der Waals surface area contributed by atoms with Crippen molar-refractivity contribution in [1.29, 1.82) is 0 Å². The van der Waals surface area contributed by atoms with Gasteiger partial charge in [0.2, 0.25) is 0 Å². The summed E-state index contributed by atoms with van der Waals surface area (Å²) in [4.78, 5) is 0. The molecule has 2 rings (SSSR count). The Hall–Kier alpha value is 3.05. The van der Waals surface area contributed by atoms with Crippen molar-refractivity contribution >= 4 is 82.1 Å². The Morgan fingerprint density at radius 2 is 1.10 bits per heavy atom. The van der Waals surface area contributed by atoms with E-state index in [9.17, 15) is 0 Å². The van der Waals surface area contributed by atoms with Crippen molar-refractivity contribution in [3.8, 4) is 0 Å². The van der Waals surface area contributed by atoms with E-state index in [1.54, 1.807) is 0 Å². The van der Waals surface area contributed by atoms with Crippen LogP contribution in [-0.2, 0) is 25.5 Å². The maximum atomic E-state index is 5.70. The molecule has 2 fully saturated rings. The van der Waals surface area contributed by atoms with Crippen molar-refractivity contribution in [1.82, 2.24) is 19.5 Å². The molecule has 2 saturated heterocycles. The molecule has 2 aliphatic heterocycles. The van der Waals surface area contributed by atoms with Crippen molar-refractivity contribution in [2.45, 2.75) is 12.8 Å². The molecule has 0 saturated carbocycles. The van der Waals surface area contributed by atoms with Gasteiger partial charge >= 0.3 is 35.3 Å². The molecule has 0 spiro atoms. The van der Waals surface area contributed by atoms with Gasteiger partial charge in [-0.1, -0.05) is 0 Å². The van der Waals surface area contributed by atoms with E-state index in [0.29, 0.717) is 23.5 Å². The number of nitrogens with zero attached hydrogens (tertiary/aromatic N) is 2. The molecule has 0 radical (unpaired) electrons. The van der Waals surface area contributed by atoms with Crippen LogP contribution in [0.25, 0.3) is 0 Å². The second kappa shape index (κ2) is 24.2. The number of rotatable bonds is 10. The normalized spacial score (nSPS) is 23.1. The van der Waals surface area contributed by atoms with Gasteiger partial charge in [0.1, 0.15) is 0 Å². The maximum absolute atomic E-state index is 5.70. The van der Waals surface area contributed by atoms with Crippen LogP contribution in [0, 0.1) is 0 Å². The molecule has 29 heavy (non-hydrogen) atoms. The van der Waals surface area contributed by atoms with Crippen molar-refractivity contribution < 1.29 is 25.5 Å². The minimum absolute atomic E-state index is 0.472. The van der Waals surface area contributed by atoms with Crippen LogP contribution in [0.1, 0.15) is 12.8 Å². The molecule has 2 unspecified atom stereocenters. The van der Waals surface area contributed by atoms with Crippen LogP contribution >= 0.6 is 82.1 Å². The summed E-state index contributed by atoms with van der Waals surface area (Å²) in [6.07, 6.45) is 2.21. The Kier molecular flexibility index (Phi) is 26.7. The molecule has 0 amide bonds. The molecule has 0 aromatic heterocycles. The fraction of sp³-hybridized carbons (Fsp3) is 1.00. The zero-order valence-corrected chi connectivity index (χ0v) is 25.0. The van der Waals surface area contributed by atoms with Gasteiger partial charge in [-0.2, -0.15) is 10.2 Å². The molecule has 2 aliphatic rings. The van der Waals surface area contributed by atoms with Crippen molar-refractivity contribution in [3.63, 3.8) is 0 Å². The predicted molar refractivity (Wildman–Crippen MR) is 132 cm³/mol. The van der Waals surface area contributed by atoms with E-state index in [4.69, 9.17) is 74.3 Å². The summed E-state index contributed by atoms with van der Waals surface area (Å²) < 4.78 is 15.9. The molecule has 2 heterocycles. The van der Waals surface area contributed by atoms with Crippen molar-refractivity contribution in [3.05, 3.63) is 0 Å². The molecule has 2 N–H and O–H groups in total. The number of nitrogens with one attached hydrogen (secondary N) is 2. The molecule has 2 atom stereocenters. The second-order valence-electron chi connectivity index (χ2n) is 5.64. The summed E-state index contributed by atoms with van der Waals surface area (Å²) in [5, 5.41) is 6.64. The molecular formula is C14H32Cl6N4O2P2Pt+2. The number of halogens is 6. The number of alkyl halides is 4. The molecule has 0 aliphatic carbocycles. The minimum atomic E-state index is -0.997. The van der Waals surface area contributed by atoms with E-state index in [-0.39, 0.29) is 0 Å². The molecule has 6 nitrogen and oxygen atoms in total. The van der Waals surface area contributed by atoms with Crippen molar-refractivity contribution in [2.75, 3.05) is 76.0 Å².